The van der Waals surface area contributed by atoms with Crippen LogP contribution in [0.2, 0.25) is 5.15 Å². The Bertz CT molecular complexity index is 988. The number of rotatable bonds is 8. The number of aliphatic carboxylic acids is 1. The van der Waals surface area contributed by atoms with Crippen molar-refractivity contribution in [2.45, 2.75) is 15.8 Å². The lowest BCUT2D eigenvalue weighted by Gasteiger charge is -2.16. The number of hydrazine groups is 1. The minimum absolute atomic E-state index is 0.0340. The SMILES string of the molecule is O=C(O)C(NNc1cccc(Sc2cccnc2)c1)C(=O)c1cccnc1Cl. The second kappa shape index (κ2) is 9.32. The summed E-state index contributed by atoms with van der Waals surface area (Å²) in [6, 6.07) is 12.5. The second-order valence-electron chi connectivity index (χ2n) is 5.57. The second-order valence-corrected chi connectivity index (χ2v) is 7.07. The summed E-state index contributed by atoms with van der Waals surface area (Å²) in [5.74, 6) is -2.03. The molecule has 1 atom stereocenters. The molecule has 1 aromatic carbocycles. The number of carbonyl (C=O) groups excluding carboxylic acids is 1. The maximum Gasteiger partial charge on any atom is 0.330 e. The van der Waals surface area contributed by atoms with E-state index in [0.29, 0.717) is 5.69 Å². The van der Waals surface area contributed by atoms with E-state index in [2.05, 4.69) is 20.8 Å². The summed E-state index contributed by atoms with van der Waals surface area (Å²) in [7, 11) is 0. The van der Waals surface area contributed by atoms with E-state index in [0.717, 1.165) is 9.79 Å². The normalized spacial score (nSPS) is 11.6. The number of hydrogen-bond donors (Lipinski definition) is 3. The molecule has 9 heteroatoms. The van der Waals surface area contributed by atoms with Crippen molar-refractivity contribution in [3.8, 4) is 0 Å². The Balaban J connectivity index is 1.70. The molecular weight excluding hydrogens is 400 g/mol. The fourth-order valence-electron chi connectivity index (χ4n) is 2.30. The number of halogens is 1. The van der Waals surface area contributed by atoms with Crippen LogP contribution in [0.15, 0.2) is 76.9 Å². The molecule has 0 radical (unpaired) electrons. The van der Waals surface area contributed by atoms with Crippen molar-refractivity contribution in [2.75, 3.05) is 5.43 Å². The average molecular weight is 415 g/mol. The van der Waals surface area contributed by atoms with Gasteiger partial charge in [0.05, 0.1) is 5.56 Å². The van der Waals surface area contributed by atoms with Crippen LogP contribution in [-0.4, -0.2) is 32.9 Å². The third kappa shape index (κ3) is 5.07. The van der Waals surface area contributed by atoms with Gasteiger partial charge in [-0.1, -0.05) is 29.4 Å². The van der Waals surface area contributed by atoms with Gasteiger partial charge >= 0.3 is 5.97 Å². The largest absolute Gasteiger partial charge is 0.480 e. The third-order valence-electron chi connectivity index (χ3n) is 3.60. The molecule has 1 unspecified atom stereocenters. The topological polar surface area (TPSA) is 104 Å². The summed E-state index contributed by atoms with van der Waals surface area (Å²) in [4.78, 5) is 33.8. The number of aromatic nitrogens is 2. The Kier molecular flexibility index (Phi) is 6.59. The molecule has 28 heavy (non-hydrogen) atoms. The number of ketones is 1. The van der Waals surface area contributed by atoms with Crippen molar-refractivity contribution in [1.82, 2.24) is 15.4 Å². The molecule has 0 saturated heterocycles. The lowest BCUT2D eigenvalue weighted by atomic mass is 10.1. The highest BCUT2D eigenvalue weighted by Gasteiger charge is 2.28. The minimum Gasteiger partial charge on any atom is -0.480 e. The van der Waals surface area contributed by atoms with E-state index >= 15 is 0 Å². The van der Waals surface area contributed by atoms with Crippen LogP contribution in [0.5, 0.6) is 0 Å². The number of nitrogens with zero attached hydrogens (tertiary/aromatic N) is 2. The van der Waals surface area contributed by atoms with Gasteiger partial charge < -0.3 is 10.5 Å². The van der Waals surface area contributed by atoms with Gasteiger partial charge in [0, 0.05) is 34.1 Å². The zero-order valence-electron chi connectivity index (χ0n) is 14.4. The first kappa shape index (κ1) is 19.8. The molecule has 2 heterocycles. The predicted molar refractivity (Wildman–Crippen MR) is 107 cm³/mol. The number of carbonyl (C=O) groups is 2. The Morgan fingerprint density at radius 2 is 1.86 bits per heavy atom. The summed E-state index contributed by atoms with van der Waals surface area (Å²) >= 11 is 7.41. The summed E-state index contributed by atoms with van der Waals surface area (Å²) in [5, 5.41) is 9.38. The maximum absolute atomic E-state index is 12.5. The monoisotopic (exact) mass is 414 g/mol. The molecule has 0 aliphatic rings. The molecule has 2 aromatic heterocycles. The third-order valence-corrected chi connectivity index (χ3v) is 4.87. The van der Waals surface area contributed by atoms with Crippen LogP contribution in [0.1, 0.15) is 10.4 Å². The van der Waals surface area contributed by atoms with Gasteiger partial charge in [-0.25, -0.2) is 15.2 Å². The number of hydrogen-bond acceptors (Lipinski definition) is 7. The van der Waals surface area contributed by atoms with Crippen LogP contribution in [0, 0.1) is 0 Å². The van der Waals surface area contributed by atoms with Crippen molar-refractivity contribution >= 4 is 40.8 Å². The van der Waals surface area contributed by atoms with Gasteiger partial charge in [-0.2, -0.15) is 0 Å². The first-order chi connectivity index (χ1) is 13.5. The van der Waals surface area contributed by atoms with Gasteiger partial charge in [0.15, 0.2) is 11.8 Å². The quantitative estimate of drug-likeness (QED) is 0.222. The number of carboxylic acids is 1. The van der Waals surface area contributed by atoms with E-state index < -0.39 is 17.8 Å². The molecular formula is C19H15ClN4O3S. The fourth-order valence-corrected chi connectivity index (χ4v) is 3.38. The molecule has 0 amide bonds. The highest BCUT2D eigenvalue weighted by atomic mass is 35.5. The smallest absolute Gasteiger partial charge is 0.330 e. The molecule has 0 saturated carbocycles. The van der Waals surface area contributed by atoms with E-state index in [4.69, 9.17) is 11.6 Å². The number of carboxylic acid groups (broad SMARTS) is 1. The maximum atomic E-state index is 12.5. The van der Waals surface area contributed by atoms with Gasteiger partial charge in [0.1, 0.15) is 5.15 Å². The van der Waals surface area contributed by atoms with E-state index in [-0.39, 0.29) is 10.7 Å². The van der Waals surface area contributed by atoms with Crippen molar-refractivity contribution < 1.29 is 14.7 Å². The van der Waals surface area contributed by atoms with E-state index in [1.165, 1.54) is 30.1 Å². The number of benzene rings is 1. The fraction of sp³-hybridized carbons (Fsp3) is 0.0526. The standard InChI is InChI=1S/C19H15ClN4O3S/c20-18-15(7-3-9-22-18)17(25)16(19(26)27)24-23-12-4-1-5-13(10-12)28-14-6-2-8-21-11-14/h1-11,16,23-24H,(H,26,27). The van der Waals surface area contributed by atoms with Crippen molar-refractivity contribution in [1.29, 1.82) is 0 Å². The number of pyridine rings is 2. The molecule has 3 aromatic rings. The molecule has 7 nitrogen and oxygen atoms in total. The Labute approximate surface area is 170 Å². The molecule has 0 bridgehead atoms. The average Bonchev–Trinajstić information content (AvgIpc) is 2.69. The van der Waals surface area contributed by atoms with E-state index in [1.54, 1.807) is 18.5 Å². The predicted octanol–water partition coefficient (Wildman–Crippen LogP) is 3.53. The number of anilines is 1. The zero-order valence-corrected chi connectivity index (χ0v) is 15.9. The lowest BCUT2D eigenvalue weighted by Crippen LogP contribution is -2.46. The van der Waals surface area contributed by atoms with Crippen LogP contribution in [0.25, 0.3) is 0 Å². The molecule has 3 N–H and O–H groups in total. The van der Waals surface area contributed by atoms with Crippen LogP contribution in [0.3, 0.4) is 0 Å². The summed E-state index contributed by atoms with van der Waals surface area (Å²) in [6.45, 7) is 0. The van der Waals surface area contributed by atoms with Crippen LogP contribution < -0.4 is 10.9 Å². The Morgan fingerprint density at radius 1 is 1.07 bits per heavy atom. The lowest BCUT2D eigenvalue weighted by molar-refractivity contribution is -0.137. The van der Waals surface area contributed by atoms with Gasteiger partial charge in [-0.15, -0.1) is 0 Å². The van der Waals surface area contributed by atoms with Crippen LogP contribution in [-0.2, 0) is 4.79 Å². The highest BCUT2D eigenvalue weighted by Crippen LogP contribution is 2.28. The van der Waals surface area contributed by atoms with Crippen LogP contribution in [0.4, 0.5) is 5.69 Å². The summed E-state index contributed by atoms with van der Waals surface area (Å²) in [5.41, 5.74) is 5.96. The van der Waals surface area contributed by atoms with Gasteiger partial charge in [0.2, 0.25) is 0 Å². The number of nitrogens with one attached hydrogen (secondary N) is 2. The first-order valence-corrected chi connectivity index (χ1v) is 9.31. The zero-order chi connectivity index (χ0) is 19.9. The molecule has 0 spiro atoms. The summed E-state index contributed by atoms with van der Waals surface area (Å²) in [6.07, 6.45) is 4.87. The van der Waals surface area contributed by atoms with Crippen molar-refractivity contribution in [3.63, 3.8) is 0 Å². The summed E-state index contributed by atoms with van der Waals surface area (Å²) < 4.78 is 0. The molecule has 0 aliphatic heterocycles. The Hall–Kier alpha value is -2.94. The van der Waals surface area contributed by atoms with Crippen molar-refractivity contribution in [3.05, 3.63) is 77.8 Å². The van der Waals surface area contributed by atoms with E-state index in [9.17, 15) is 14.7 Å². The van der Waals surface area contributed by atoms with E-state index in [1.807, 2.05) is 30.3 Å². The minimum atomic E-state index is -1.53. The molecule has 0 aliphatic carbocycles. The highest BCUT2D eigenvalue weighted by molar-refractivity contribution is 7.99. The number of Topliss-reactive ketones (excluding diaryl/α,β-unsaturated/α-hetero) is 1. The van der Waals surface area contributed by atoms with Crippen LogP contribution >= 0.6 is 23.4 Å². The van der Waals surface area contributed by atoms with Gasteiger partial charge in [0.25, 0.3) is 0 Å². The van der Waals surface area contributed by atoms with Gasteiger partial charge in [-0.05, 0) is 42.5 Å². The van der Waals surface area contributed by atoms with Gasteiger partial charge in [-0.3, -0.25) is 9.78 Å². The molecule has 142 valence electrons. The molecule has 3 rings (SSSR count). The molecule has 0 fully saturated rings. The Morgan fingerprint density at radius 3 is 2.57 bits per heavy atom. The van der Waals surface area contributed by atoms with Crippen molar-refractivity contribution in [2.24, 2.45) is 0 Å². The first-order valence-electron chi connectivity index (χ1n) is 8.11.